The first-order valence-electron chi connectivity index (χ1n) is 7.48. The quantitative estimate of drug-likeness (QED) is 0.819. The number of methoxy groups -OCH3 is 1. The van der Waals surface area contributed by atoms with E-state index in [1.54, 1.807) is 0 Å². The summed E-state index contributed by atoms with van der Waals surface area (Å²) in [6.07, 6.45) is 2.23. The van der Waals surface area contributed by atoms with E-state index in [-0.39, 0.29) is 18.0 Å². The van der Waals surface area contributed by atoms with Crippen LogP contribution in [0.4, 0.5) is 0 Å². The molecule has 0 bridgehead atoms. The molecule has 1 aliphatic rings. The number of nitrogens with one attached hydrogen (secondary N) is 1. The van der Waals surface area contributed by atoms with Gasteiger partial charge in [0.15, 0.2) is 0 Å². The molecule has 1 N–H and O–H groups in total. The van der Waals surface area contributed by atoms with Crippen molar-refractivity contribution in [2.45, 2.75) is 51.1 Å². The summed E-state index contributed by atoms with van der Waals surface area (Å²) in [6.45, 7) is 6.73. The SMILES string of the molecule is COC(=O)C(COc1ccccc1C(C)(C)C)NC1CC1. The van der Waals surface area contributed by atoms with Crippen LogP contribution in [0.2, 0.25) is 0 Å². The first-order valence-corrected chi connectivity index (χ1v) is 7.48. The molecule has 1 saturated carbocycles. The van der Waals surface area contributed by atoms with Crippen molar-refractivity contribution >= 4 is 5.97 Å². The topological polar surface area (TPSA) is 47.6 Å². The highest BCUT2D eigenvalue weighted by Crippen LogP contribution is 2.31. The summed E-state index contributed by atoms with van der Waals surface area (Å²) >= 11 is 0. The lowest BCUT2D eigenvalue weighted by Gasteiger charge is -2.24. The summed E-state index contributed by atoms with van der Waals surface area (Å²) in [7, 11) is 1.41. The van der Waals surface area contributed by atoms with Crippen molar-refractivity contribution in [3.63, 3.8) is 0 Å². The Morgan fingerprint density at radius 2 is 2.00 bits per heavy atom. The van der Waals surface area contributed by atoms with Crippen LogP contribution in [0, 0.1) is 0 Å². The van der Waals surface area contributed by atoms with E-state index in [4.69, 9.17) is 9.47 Å². The molecule has 116 valence electrons. The number of rotatable bonds is 6. The van der Waals surface area contributed by atoms with Gasteiger partial charge in [-0.2, -0.15) is 0 Å². The molecule has 0 spiro atoms. The third-order valence-electron chi connectivity index (χ3n) is 3.60. The molecule has 2 rings (SSSR count). The molecule has 1 atom stereocenters. The molecular weight excluding hydrogens is 266 g/mol. The molecule has 21 heavy (non-hydrogen) atoms. The summed E-state index contributed by atoms with van der Waals surface area (Å²) in [5, 5.41) is 3.27. The molecule has 1 unspecified atom stereocenters. The Hall–Kier alpha value is -1.55. The number of hydrogen-bond donors (Lipinski definition) is 1. The Balaban J connectivity index is 2.04. The highest BCUT2D eigenvalue weighted by molar-refractivity contribution is 5.76. The predicted octanol–water partition coefficient (Wildman–Crippen LogP) is 2.66. The molecule has 1 aromatic carbocycles. The second kappa shape index (κ2) is 6.48. The zero-order valence-corrected chi connectivity index (χ0v) is 13.3. The second-order valence-electron chi connectivity index (χ2n) is 6.57. The van der Waals surface area contributed by atoms with Crippen LogP contribution in [0.15, 0.2) is 24.3 Å². The fourth-order valence-electron chi connectivity index (χ4n) is 2.25. The summed E-state index contributed by atoms with van der Waals surface area (Å²) in [4.78, 5) is 11.8. The van der Waals surface area contributed by atoms with Gasteiger partial charge in [-0.25, -0.2) is 0 Å². The molecular formula is C17H25NO3. The number of para-hydroxylation sites is 1. The monoisotopic (exact) mass is 291 g/mol. The molecule has 0 amide bonds. The Labute approximate surface area is 126 Å². The lowest BCUT2D eigenvalue weighted by Crippen LogP contribution is -2.43. The molecule has 1 fully saturated rings. The minimum atomic E-state index is -0.407. The van der Waals surface area contributed by atoms with Crippen LogP contribution in [-0.4, -0.2) is 31.8 Å². The third kappa shape index (κ3) is 4.46. The van der Waals surface area contributed by atoms with Gasteiger partial charge in [-0.05, 0) is 29.9 Å². The van der Waals surface area contributed by atoms with Crippen molar-refractivity contribution in [3.8, 4) is 5.75 Å². The van der Waals surface area contributed by atoms with E-state index in [2.05, 4.69) is 32.2 Å². The summed E-state index contributed by atoms with van der Waals surface area (Å²) in [5.74, 6) is 0.562. The fourth-order valence-corrected chi connectivity index (χ4v) is 2.25. The molecule has 0 radical (unpaired) electrons. The average Bonchev–Trinajstić information content (AvgIpc) is 3.26. The third-order valence-corrected chi connectivity index (χ3v) is 3.60. The van der Waals surface area contributed by atoms with E-state index in [1.807, 2.05) is 18.2 Å². The molecule has 4 nitrogen and oxygen atoms in total. The molecule has 0 heterocycles. The lowest BCUT2D eigenvalue weighted by atomic mass is 9.86. The summed E-state index contributed by atoms with van der Waals surface area (Å²) in [5.41, 5.74) is 1.14. The van der Waals surface area contributed by atoms with E-state index in [0.29, 0.717) is 6.04 Å². The lowest BCUT2D eigenvalue weighted by molar-refractivity contribution is -0.144. The first-order chi connectivity index (χ1) is 9.91. The van der Waals surface area contributed by atoms with Crippen LogP contribution >= 0.6 is 0 Å². The van der Waals surface area contributed by atoms with E-state index < -0.39 is 6.04 Å². The van der Waals surface area contributed by atoms with E-state index in [0.717, 1.165) is 24.2 Å². The van der Waals surface area contributed by atoms with Crippen LogP contribution in [0.5, 0.6) is 5.75 Å². The first kappa shape index (κ1) is 15.8. The van der Waals surface area contributed by atoms with Gasteiger partial charge >= 0.3 is 5.97 Å². The van der Waals surface area contributed by atoms with Gasteiger partial charge in [0.1, 0.15) is 18.4 Å². The van der Waals surface area contributed by atoms with Crippen LogP contribution in [-0.2, 0) is 14.9 Å². The molecule has 4 heteroatoms. The highest BCUT2D eigenvalue weighted by Gasteiger charge is 2.30. The smallest absolute Gasteiger partial charge is 0.326 e. The minimum absolute atomic E-state index is 0.00127. The summed E-state index contributed by atoms with van der Waals surface area (Å²) in [6, 6.07) is 7.99. The Bertz CT molecular complexity index is 489. The van der Waals surface area contributed by atoms with E-state index in [9.17, 15) is 4.79 Å². The van der Waals surface area contributed by atoms with Crippen molar-refractivity contribution in [2.75, 3.05) is 13.7 Å². The number of esters is 1. The van der Waals surface area contributed by atoms with Crippen LogP contribution in [0.25, 0.3) is 0 Å². The second-order valence-corrected chi connectivity index (χ2v) is 6.57. The normalized spacial score (nSPS) is 16.4. The van der Waals surface area contributed by atoms with E-state index in [1.165, 1.54) is 7.11 Å². The van der Waals surface area contributed by atoms with Crippen molar-refractivity contribution in [2.24, 2.45) is 0 Å². The van der Waals surface area contributed by atoms with Crippen LogP contribution in [0.3, 0.4) is 0 Å². The average molecular weight is 291 g/mol. The maximum absolute atomic E-state index is 11.8. The van der Waals surface area contributed by atoms with Crippen molar-refractivity contribution < 1.29 is 14.3 Å². The van der Waals surface area contributed by atoms with Gasteiger partial charge in [0, 0.05) is 6.04 Å². The predicted molar refractivity (Wildman–Crippen MR) is 82.6 cm³/mol. The van der Waals surface area contributed by atoms with Gasteiger partial charge in [-0.3, -0.25) is 10.1 Å². The Kier molecular flexibility index (Phi) is 4.88. The molecule has 0 saturated heterocycles. The van der Waals surface area contributed by atoms with Crippen LogP contribution in [0.1, 0.15) is 39.2 Å². The van der Waals surface area contributed by atoms with Crippen molar-refractivity contribution in [3.05, 3.63) is 29.8 Å². The minimum Gasteiger partial charge on any atom is -0.491 e. The molecule has 0 aliphatic heterocycles. The largest absolute Gasteiger partial charge is 0.491 e. The number of carbonyl (C=O) groups is 1. The van der Waals surface area contributed by atoms with Gasteiger partial charge in [0.2, 0.25) is 0 Å². The van der Waals surface area contributed by atoms with Crippen molar-refractivity contribution in [1.82, 2.24) is 5.32 Å². The highest BCUT2D eigenvalue weighted by atomic mass is 16.5. The number of ether oxygens (including phenoxy) is 2. The van der Waals surface area contributed by atoms with Gasteiger partial charge in [0.25, 0.3) is 0 Å². The van der Waals surface area contributed by atoms with E-state index >= 15 is 0 Å². The Morgan fingerprint density at radius 1 is 1.33 bits per heavy atom. The zero-order valence-electron chi connectivity index (χ0n) is 13.3. The Morgan fingerprint density at radius 3 is 2.57 bits per heavy atom. The standard InChI is InChI=1S/C17H25NO3/c1-17(2,3)13-7-5-6-8-15(13)21-11-14(16(19)20-4)18-12-9-10-12/h5-8,12,14,18H,9-11H2,1-4H3. The molecule has 1 aromatic rings. The fraction of sp³-hybridized carbons (Fsp3) is 0.588. The molecule has 1 aliphatic carbocycles. The molecule has 0 aromatic heterocycles. The van der Waals surface area contributed by atoms with Crippen molar-refractivity contribution in [1.29, 1.82) is 0 Å². The van der Waals surface area contributed by atoms with Crippen LogP contribution < -0.4 is 10.1 Å². The zero-order chi connectivity index (χ0) is 15.5. The van der Waals surface area contributed by atoms with Gasteiger partial charge in [-0.1, -0.05) is 39.0 Å². The number of carbonyl (C=O) groups excluding carboxylic acids is 1. The number of hydrogen-bond acceptors (Lipinski definition) is 4. The van der Waals surface area contributed by atoms with Gasteiger partial charge in [0.05, 0.1) is 7.11 Å². The van der Waals surface area contributed by atoms with Gasteiger partial charge < -0.3 is 9.47 Å². The maximum atomic E-state index is 11.8. The number of benzene rings is 1. The van der Waals surface area contributed by atoms with Gasteiger partial charge in [-0.15, -0.1) is 0 Å². The maximum Gasteiger partial charge on any atom is 0.326 e. The summed E-state index contributed by atoms with van der Waals surface area (Å²) < 4.78 is 10.8.